The van der Waals surface area contributed by atoms with Crippen molar-refractivity contribution in [1.29, 1.82) is 0 Å². The van der Waals surface area contributed by atoms with Crippen LogP contribution in [0.2, 0.25) is 5.02 Å². The van der Waals surface area contributed by atoms with Crippen molar-refractivity contribution >= 4 is 33.5 Å². The van der Waals surface area contributed by atoms with Crippen LogP contribution in [0.3, 0.4) is 0 Å². The van der Waals surface area contributed by atoms with Gasteiger partial charge in [-0.15, -0.1) is 0 Å². The first kappa shape index (κ1) is 18.7. The molecule has 25 heavy (non-hydrogen) atoms. The minimum Gasteiger partial charge on any atom is -0.492 e. The summed E-state index contributed by atoms with van der Waals surface area (Å²) >= 11 is 6.03. The van der Waals surface area contributed by atoms with E-state index < -0.39 is 14.9 Å². The fourth-order valence-electron chi connectivity index (χ4n) is 1.86. The molecule has 0 radical (unpaired) electrons. The molecule has 0 aliphatic rings. The summed E-state index contributed by atoms with van der Waals surface area (Å²) in [4.78, 5) is 11.8. The van der Waals surface area contributed by atoms with Gasteiger partial charge in [0.15, 0.2) is 0 Å². The molecular weight excluding hydrogens is 370 g/mol. The molecule has 0 atom stereocenters. The molecule has 2 aromatic carbocycles. The molecule has 0 fully saturated rings. The van der Waals surface area contributed by atoms with Crippen LogP contribution in [0.25, 0.3) is 0 Å². The minimum atomic E-state index is -4.02. The lowest BCUT2D eigenvalue weighted by Gasteiger charge is -2.06. The number of nitro benzene ring substituents is 1. The number of non-ortho nitro benzene ring substituents is 1. The summed E-state index contributed by atoms with van der Waals surface area (Å²) in [5.74, 6) is 0.512. The summed E-state index contributed by atoms with van der Waals surface area (Å²) < 4.78 is 29.5. The number of halogens is 1. The summed E-state index contributed by atoms with van der Waals surface area (Å²) in [6, 6.07) is 9.53. The van der Waals surface area contributed by atoms with E-state index in [1.165, 1.54) is 24.4 Å². The predicted octanol–water partition coefficient (Wildman–Crippen LogP) is 2.96. The summed E-state index contributed by atoms with van der Waals surface area (Å²) in [6.45, 7) is 2.30. The molecule has 0 heterocycles. The number of nitrogens with zero attached hydrogens (tertiary/aromatic N) is 2. The van der Waals surface area contributed by atoms with Crippen molar-refractivity contribution in [1.82, 2.24) is 4.83 Å². The van der Waals surface area contributed by atoms with Gasteiger partial charge in [-0.1, -0.05) is 17.7 Å². The highest BCUT2D eigenvalue weighted by Crippen LogP contribution is 2.24. The number of ether oxygens (including phenoxy) is 1. The zero-order valence-corrected chi connectivity index (χ0v) is 14.6. The third-order valence-electron chi connectivity index (χ3n) is 2.98. The smallest absolute Gasteiger partial charge is 0.276 e. The van der Waals surface area contributed by atoms with E-state index in [9.17, 15) is 18.5 Å². The maximum absolute atomic E-state index is 12.1. The second-order valence-electron chi connectivity index (χ2n) is 4.73. The number of sulfonamides is 1. The van der Waals surface area contributed by atoms with E-state index in [1.54, 1.807) is 18.2 Å². The molecule has 0 saturated carbocycles. The zero-order chi connectivity index (χ0) is 18.4. The van der Waals surface area contributed by atoms with Crippen molar-refractivity contribution in [3.05, 3.63) is 63.2 Å². The van der Waals surface area contributed by atoms with Crippen LogP contribution in [0, 0.1) is 10.1 Å². The summed E-state index contributed by atoms with van der Waals surface area (Å²) in [5.41, 5.74) is 0.223. The normalized spacial score (nSPS) is 11.4. The molecule has 0 aliphatic heterocycles. The van der Waals surface area contributed by atoms with Crippen molar-refractivity contribution in [2.75, 3.05) is 6.61 Å². The van der Waals surface area contributed by atoms with Crippen molar-refractivity contribution in [3.8, 4) is 5.75 Å². The first-order valence-corrected chi connectivity index (χ1v) is 8.91. The van der Waals surface area contributed by atoms with Gasteiger partial charge in [0.2, 0.25) is 0 Å². The van der Waals surface area contributed by atoms with E-state index in [0.29, 0.717) is 22.9 Å². The molecule has 0 aliphatic carbocycles. The average molecular weight is 384 g/mol. The number of nitro groups is 1. The van der Waals surface area contributed by atoms with Gasteiger partial charge in [-0.25, -0.2) is 4.83 Å². The Morgan fingerprint density at radius 1 is 1.32 bits per heavy atom. The van der Waals surface area contributed by atoms with E-state index in [4.69, 9.17) is 16.3 Å². The van der Waals surface area contributed by atoms with Crippen LogP contribution in [-0.2, 0) is 10.0 Å². The molecule has 2 rings (SSSR count). The summed E-state index contributed by atoms with van der Waals surface area (Å²) in [5, 5.41) is 14.7. The lowest BCUT2D eigenvalue weighted by Crippen LogP contribution is -2.18. The van der Waals surface area contributed by atoms with E-state index in [2.05, 4.69) is 5.10 Å². The number of rotatable bonds is 7. The van der Waals surface area contributed by atoms with E-state index in [-0.39, 0.29) is 10.6 Å². The van der Waals surface area contributed by atoms with Crippen LogP contribution in [0.4, 0.5) is 5.69 Å². The molecule has 0 aromatic heterocycles. The maximum Gasteiger partial charge on any atom is 0.276 e. The van der Waals surface area contributed by atoms with Crippen LogP contribution in [-0.4, -0.2) is 26.2 Å². The van der Waals surface area contributed by atoms with E-state index in [0.717, 1.165) is 6.07 Å². The highest BCUT2D eigenvalue weighted by Gasteiger charge is 2.16. The second kappa shape index (κ2) is 7.95. The van der Waals surface area contributed by atoms with Gasteiger partial charge < -0.3 is 4.74 Å². The molecule has 0 amide bonds. The topological polar surface area (TPSA) is 111 Å². The van der Waals surface area contributed by atoms with Crippen molar-refractivity contribution in [2.24, 2.45) is 5.10 Å². The Labute approximate surface area is 149 Å². The fourth-order valence-corrected chi connectivity index (χ4v) is 2.93. The minimum absolute atomic E-state index is 0.261. The van der Waals surface area contributed by atoms with Crippen LogP contribution < -0.4 is 9.57 Å². The molecule has 0 unspecified atom stereocenters. The fraction of sp³-hybridized carbons (Fsp3) is 0.133. The van der Waals surface area contributed by atoms with Crippen molar-refractivity contribution in [3.63, 3.8) is 0 Å². The Kier molecular flexibility index (Phi) is 5.94. The largest absolute Gasteiger partial charge is 0.492 e. The SMILES string of the molecule is CCOc1ccc(/C=N/NS(=O)(=O)c2cccc([N+](=O)[O-])c2)cc1Cl. The Bertz CT molecular complexity index is 915. The first-order chi connectivity index (χ1) is 11.8. The molecular formula is C15H14ClN3O5S. The third-order valence-corrected chi connectivity index (χ3v) is 4.50. The second-order valence-corrected chi connectivity index (χ2v) is 6.80. The van der Waals surface area contributed by atoms with Crippen LogP contribution in [0.1, 0.15) is 12.5 Å². The van der Waals surface area contributed by atoms with Gasteiger partial charge in [0, 0.05) is 12.1 Å². The van der Waals surface area contributed by atoms with Crippen molar-refractivity contribution < 1.29 is 18.1 Å². The predicted molar refractivity (Wildman–Crippen MR) is 93.6 cm³/mol. The van der Waals surface area contributed by atoms with Crippen LogP contribution in [0.15, 0.2) is 52.5 Å². The first-order valence-electron chi connectivity index (χ1n) is 7.05. The molecule has 10 heteroatoms. The van der Waals surface area contributed by atoms with Gasteiger partial charge in [0.1, 0.15) is 5.75 Å². The number of nitrogens with one attached hydrogen (secondary N) is 1. The van der Waals surface area contributed by atoms with Crippen molar-refractivity contribution in [2.45, 2.75) is 11.8 Å². The number of hydrazone groups is 1. The average Bonchev–Trinajstić information content (AvgIpc) is 2.57. The Morgan fingerprint density at radius 3 is 2.72 bits per heavy atom. The number of hydrogen-bond donors (Lipinski definition) is 1. The quantitative estimate of drug-likeness (QED) is 0.449. The molecule has 1 N–H and O–H groups in total. The standard InChI is InChI=1S/C15H14ClN3O5S/c1-2-24-15-7-6-11(8-14(15)16)10-17-18-25(22,23)13-5-3-4-12(9-13)19(20)21/h3-10,18H,2H2,1H3/b17-10+. The van der Waals surface area contributed by atoms with Gasteiger partial charge in [-0.2, -0.15) is 13.5 Å². The summed E-state index contributed by atoms with van der Waals surface area (Å²) in [7, 11) is -4.02. The molecule has 2 aromatic rings. The van der Waals surface area contributed by atoms with E-state index in [1.807, 2.05) is 11.8 Å². The van der Waals surface area contributed by atoms with Crippen LogP contribution in [0.5, 0.6) is 5.75 Å². The number of hydrogen-bond acceptors (Lipinski definition) is 6. The molecule has 132 valence electrons. The molecule has 0 bridgehead atoms. The van der Waals surface area contributed by atoms with Gasteiger partial charge in [-0.05, 0) is 36.8 Å². The highest BCUT2D eigenvalue weighted by atomic mass is 35.5. The maximum atomic E-state index is 12.1. The lowest BCUT2D eigenvalue weighted by molar-refractivity contribution is -0.385. The number of benzene rings is 2. The van der Waals surface area contributed by atoms with Gasteiger partial charge in [0.25, 0.3) is 15.7 Å². The van der Waals surface area contributed by atoms with Crippen LogP contribution >= 0.6 is 11.6 Å². The Hall–Kier alpha value is -2.65. The zero-order valence-electron chi connectivity index (χ0n) is 13.0. The van der Waals surface area contributed by atoms with E-state index >= 15 is 0 Å². The third kappa shape index (κ3) is 4.91. The molecule has 0 spiro atoms. The highest BCUT2D eigenvalue weighted by molar-refractivity contribution is 7.89. The van der Waals surface area contributed by atoms with Gasteiger partial charge in [0.05, 0.1) is 27.7 Å². The molecule has 0 saturated heterocycles. The Balaban J connectivity index is 2.14. The summed E-state index contributed by atoms with van der Waals surface area (Å²) in [6.07, 6.45) is 1.26. The van der Waals surface area contributed by atoms with Gasteiger partial charge in [-0.3, -0.25) is 10.1 Å². The van der Waals surface area contributed by atoms with Gasteiger partial charge >= 0.3 is 0 Å². The molecule has 8 nitrogen and oxygen atoms in total. The monoisotopic (exact) mass is 383 g/mol. The lowest BCUT2D eigenvalue weighted by atomic mass is 10.2. The Morgan fingerprint density at radius 2 is 2.08 bits per heavy atom.